The van der Waals surface area contributed by atoms with Crippen molar-refractivity contribution >= 4 is 34.2 Å². The van der Waals surface area contributed by atoms with Gasteiger partial charge in [0, 0.05) is 14.2 Å². The van der Waals surface area contributed by atoms with Crippen molar-refractivity contribution in [3.63, 3.8) is 0 Å². The van der Waals surface area contributed by atoms with Crippen LogP contribution in [0.1, 0.15) is 30.6 Å². The normalized spacial score (nSPS) is 12.2. The van der Waals surface area contributed by atoms with E-state index < -0.39 is 6.10 Å². The molecule has 2 aromatic rings. The molecule has 20 heavy (non-hydrogen) atoms. The van der Waals surface area contributed by atoms with E-state index >= 15 is 0 Å². The zero-order valence-electron chi connectivity index (χ0n) is 11.1. The van der Waals surface area contributed by atoms with Crippen LogP contribution in [0.25, 0.3) is 0 Å². The summed E-state index contributed by atoms with van der Waals surface area (Å²) < 4.78 is 6.68. The van der Waals surface area contributed by atoms with E-state index in [-0.39, 0.29) is 0 Å². The number of hydrogen-bond donors (Lipinski definition) is 1. The topological polar surface area (TPSA) is 29.5 Å². The summed E-state index contributed by atoms with van der Waals surface area (Å²) in [7, 11) is 0. The fourth-order valence-electron chi connectivity index (χ4n) is 1.94. The first kappa shape index (κ1) is 15.6. The van der Waals surface area contributed by atoms with Gasteiger partial charge in [-0.2, -0.15) is 0 Å². The molecule has 0 saturated heterocycles. The Balaban J connectivity index is 2.37. The summed E-state index contributed by atoms with van der Waals surface area (Å²) in [5, 5.41) is 11.3. The third kappa shape index (κ3) is 3.65. The maximum absolute atomic E-state index is 10.6. The van der Waals surface area contributed by atoms with E-state index in [1.54, 1.807) is 6.07 Å². The van der Waals surface area contributed by atoms with Crippen molar-refractivity contribution in [2.75, 3.05) is 6.61 Å². The minimum Gasteiger partial charge on any atom is -0.493 e. The molecule has 1 atom stereocenters. The number of rotatable bonds is 5. The molecule has 0 bridgehead atoms. The van der Waals surface area contributed by atoms with Crippen LogP contribution in [0, 0.1) is 3.57 Å². The van der Waals surface area contributed by atoms with E-state index in [1.807, 2.05) is 36.4 Å². The molecule has 0 radical (unpaired) electrons. The molecule has 0 heterocycles. The lowest BCUT2D eigenvalue weighted by molar-refractivity contribution is 0.210. The molecule has 0 aliphatic rings. The van der Waals surface area contributed by atoms with E-state index in [1.165, 1.54) is 0 Å². The van der Waals surface area contributed by atoms with Crippen LogP contribution < -0.4 is 4.74 Å². The lowest BCUT2D eigenvalue weighted by atomic mass is 10.0. The van der Waals surface area contributed by atoms with Crippen LogP contribution in [0.15, 0.2) is 42.5 Å². The molecule has 0 aliphatic carbocycles. The highest BCUT2D eigenvalue weighted by Gasteiger charge is 2.18. The Morgan fingerprint density at radius 3 is 2.70 bits per heavy atom. The second-order valence-electron chi connectivity index (χ2n) is 4.45. The molecule has 2 nitrogen and oxygen atoms in total. The van der Waals surface area contributed by atoms with Crippen molar-refractivity contribution < 1.29 is 9.84 Å². The summed E-state index contributed by atoms with van der Waals surface area (Å²) in [4.78, 5) is 0. The molecule has 0 aromatic heterocycles. The molecule has 0 saturated carbocycles. The largest absolute Gasteiger partial charge is 0.493 e. The maximum Gasteiger partial charge on any atom is 0.125 e. The number of benzene rings is 2. The molecule has 4 heteroatoms. The van der Waals surface area contributed by atoms with Gasteiger partial charge in [0.25, 0.3) is 0 Å². The number of para-hydroxylation sites is 1. The zero-order valence-corrected chi connectivity index (χ0v) is 14.1. The first-order valence-electron chi connectivity index (χ1n) is 6.48. The van der Waals surface area contributed by atoms with Crippen molar-refractivity contribution in [2.24, 2.45) is 0 Å². The molecule has 0 aliphatic heterocycles. The van der Waals surface area contributed by atoms with Gasteiger partial charge in [0.15, 0.2) is 0 Å². The third-order valence-corrected chi connectivity index (χ3v) is 4.15. The van der Waals surface area contributed by atoms with Gasteiger partial charge >= 0.3 is 0 Å². The van der Waals surface area contributed by atoms with Gasteiger partial charge in [-0.15, -0.1) is 0 Å². The quantitative estimate of drug-likeness (QED) is 0.727. The van der Waals surface area contributed by atoms with Crippen LogP contribution in [0.3, 0.4) is 0 Å². The molecule has 2 rings (SSSR count). The SMILES string of the molecule is CCCOc1ccccc1C(O)c1cc(Cl)ccc1I. The van der Waals surface area contributed by atoms with E-state index in [0.29, 0.717) is 11.6 Å². The van der Waals surface area contributed by atoms with Gasteiger partial charge in [-0.3, -0.25) is 0 Å². The van der Waals surface area contributed by atoms with Crippen LogP contribution in [-0.2, 0) is 0 Å². The van der Waals surface area contributed by atoms with Crippen LogP contribution in [0.2, 0.25) is 5.02 Å². The van der Waals surface area contributed by atoms with Gasteiger partial charge in [0.2, 0.25) is 0 Å². The monoisotopic (exact) mass is 402 g/mol. The highest BCUT2D eigenvalue weighted by atomic mass is 127. The van der Waals surface area contributed by atoms with Crippen LogP contribution in [0.5, 0.6) is 5.75 Å². The van der Waals surface area contributed by atoms with E-state index in [4.69, 9.17) is 16.3 Å². The Morgan fingerprint density at radius 1 is 1.20 bits per heavy atom. The Kier molecular flexibility index (Phi) is 5.69. The third-order valence-electron chi connectivity index (χ3n) is 2.93. The average Bonchev–Trinajstić information content (AvgIpc) is 2.47. The highest BCUT2D eigenvalue weighted by Crippen LogP contribution is 2.33. The first-order chi connectivity index (χ1) is 9.63. The Bertz CT molecular complexity index is 586. The first-order valence-corrected chi connectivity index (χ1v) is 7.94. The number of aliphatic hydroxyl groups excluding tert-OH is 1. The fourth-order valence-corrected chi connectivity index (χ4v) is 2.75. The summed E-state index contributed by atoms with van der Waals surface area (Å²) in [5.41, 5.74) is 1.56. The van der Waals surface area contributed by atoms with Crippen LogP contribution in [0.4, 0.5) is 0 Å². The van der Waals surface area contributed by atoms with E-state index in [0.717, 1.165) is 26.9 Å². The van der Waals surface area contributed by atoms with Crippen molar-refractivity contribution in [1.82, 2.24) is 0 Å². The molecule has 0 spiro atoms. The van der Waals surface area contributed by atoms with Gasteiger partial charge in [-0.1, -0.05) is 36.7 Å². The molecular weight excluding hydrogens is 387 g/mol. The summed E-state index contributed by atoms with van der Waals surface area (Å²) in [6.45, 7) is 2.69. The van der Waals surface area contributed by atoms with Gasteiger partial charge in [-0.25, -0.2) is 0 Å². The van der Waals surface area contributed by atoms with Crippen molar-refractivity contribution in [3.8, 4) is 5.75 Å². The average molecular weight is 403 g/mol. The molecule has 1 unspecified atom stereocenters. The van der Waals surface area contributed by atoms with Gasteiger partial charge < -0.3 is 9.84 Å². The van der Waals surface area contributed by atoms with Crippen molar-refractivity contribution in [1.29, 1.82) is 0 Å². The number of ether oxygens (including phenoxy) is 1. The predicted molar refractivity (Wildman–Crippen MR) is 90.5 cm³/mol. The van der Waals surface area contributed by atoms with Crippen molar-refractivity contribution in [2.45, 2.75) is 19.4 Å². The smallest absolute Gasteiger partial charge is 0.125 e. The molecule has 2 aromatic carbocycles. The van der Waals surface area contributed by atoms with E-state index in [2.05, 4.69) is 29.5 Å². The van der Waals surface area contributed by atoms with Crippen LogP contribution in [-0.4, -0.2) is 11.7 Å². The summed E-state index contributed by atoms with van der Waals surface area (Å²) in [6, 6.07) is 13.1. The molecule has 106 valence electrons. The molecule has 0 amide bonds. The Labute approximate surface area is 137 Å². The standard InChI is InChI=1S/C16H16ClIO2/c1-2-9-20-15-6-4-3-5-12(15)16(19)13-10-11(17)7-8-14(13)18/h3-8,10,16,19H,2,9H2,1H3. The predicted octanol–water partition coefficient (Wildman–Crippen LogP) is 4.82. The molecule has 0 fully saturated rings. The minimum atomic E-state index is -0.742. The fraction of sp³-hybridized carbons (Fsp3) is 0.250. The summed E-state index contributed by atoms with van der Waals surface area (Å²) >= 11 is 8.23. The maximum atomic E-state index is 10.6. The van der Waals surface area contributed by atoms with Crippen molar-refractivity contribution in [3.05, 3.63) is 62.2 Å². The van der Waals surface area contributed by atoms with E-state index in [9.17, 15) is 5.11 Å². The second-order valence-corrected chi connectivity index (χ2v) is 6.05. The summed E-state index contributed by atoms with van der Waals surface area (Å²) in [6.07, 6.45) is 0.188. The number of aliphatic hydroxyl groups is 1. The number of halogens is 2. The second kappa shape index (κ2) is 7.29. The summed E-state index contributed by atoms with van der Waals surface area (Å²) in [5.74, 6) is 0.720. The van der Waals surface area contributed by atoms with Gasteiger partial charge in [-0.05, 0) is 58.8 Å². The van der Waals surface area contributed by atoms with Gasteiger partial charge in [0.1, 0.15) is 11.9 Å². The minimum absolute atomic E-state index is 0.617. The molecule has 1 N–H and O–H groups in total. The Morgan fingerprint density at radius 2 is 1.95 bits per heavy atom. The van der Waals surface area contributed by atoms with Gasteiger partial charge in [0.05, 0.1) is 6.61 Å². The zero-order chi connectivity index (χ0) is 14.5. The molecular formula is C16H16ClIO2. The Hall–Kier alpha value is -0.780. The lowest BCUT2D eigenvalue weighted by Crippen LogP contribution is -2.06. The lowest BCUT2D eigenvalue weighted by Gasteiger charge is -2.17. The highest BCUT2D eigenvalue weighted by molar-refractivity contribution is 14.1. The van der Waals surface area contributed by atoms with Crippen LogP contribution >= 0.6 is 34.2 Å². The number of hydrogen-bond acceptors (Lipinski definition) is 2.